The van der Waals surface area contributed by atoms with Gasteiger partial charge in [-0.05, 0) is 30.7 Å². The van der Waals surface area contributed by atoms with Gasteiger partial charge < -0.3 is 11.5 Å². The summed E-state index contributed by atoms with van der Waals surface area (Å²) in [6.07, 6.45) is 0.425. The molecular formula is C10H13ClN2O2S. The van der Waals surface area contributed by atoms with Crippen molar-refractivity contribution in [2.75, 3.05) is 6.54 Å². The zero-order valence-electron chi connectivity index (χ0n) is 8.56. The van der Waals surface area contributed by atoms with Crippen LogP contribution in [0, 0.1) is 0 Å². The van der Waals surface area contributed by atoms with E-state index in [2.05, 4.69) is 0 Å². The quantitative estimate of drug-likeness (QED) is 0.831. The second kappa shape index (κ2) is 3.70. The van der Waals surface area contributed by atoms with Crippen molar-refractivity contribution in [1.29, 1.82) is 0 Å². The van der Waals surface area contributed by atoms with Crippen molar-refractivity contribution in [3.05, 3.63) is 29.3 Å². The van der Waals surface area contributed by atoms with Gasteiger partial charge in [0, 0.05) is 17.1 Å². The van der Waals surface area contributed by atoms with Gasteiger partial charge in [-0.3, -0.25) is 0 Å². The van der Waals surface area contributed by atoms with Gasteiger partial charge >= 0.3 is 0 Å². The molecule has 1 aromatic rings. The molecule has 0 unspecified atom stereocenters. The highest BCUT2D eigenvalue weighted by Gasteiger charge is 2.58. The third-order valence-electron chi connectivity index (χ3n) is 2.94. The summed E-state index contributed by atoms with van der Waals surface area (Å²) in [4.78, 5) is 0.252. The lowest BCUT2D eigenvalue weighted by Gasteiger charge is -2.08. The van der Waals surface area contributed by atoms with Crippen molar-refractivity contribution in [2.24, 2.45) is 11.5 Å². The summed E-state index contributed by atoms with van der Waals surface area (Å²) in [5, 5.41) is -0.0567. The van der Waals surface area contributed by atoms with E-state index in [1.165, 1.54) is 12.1 Å². The smallest absolute Gasteiger partial charge is 0.183 e. The molecule has 0 spiro atoms. The molecule has 1 aromatic carbocycles. The Morgan fingerprint density at radius 1 is 1.38 bits per heavy atom. The Morgan fingerprint density at radius 2 is 1.94 bits per heavy atom. The van der Waals surface area contributed by atoms with E-state index in [-0.39, 0.29) is 11.4 Å². The summed E-state index contributed by atoms with van der Waals surface area (Å²) in [5.74, 6) is 0. The molecular weight excluding hydrogens is 248 g/mol. The van der Waals surface area contributed by atoms with E-state index >= 15 is 0 Å². The van der Waals surface area contributed by atoms with Gasteiger partial charge in [0.2, 0.25) is 0 Å². The van der Waals surface area contributed by atoms with Gasteiger partial charge in [0.05, 0.1) is 10.1 Å². The lowest BCUT2D eigenvalue weighted by Crippen LogP contribution is -2.38. The molecule has 88 valence electrons. The van der Waals surface area contributed by atoms with Crippen LogP contribution in [0.3, 0.4) is 0 Å². The summed E-state index contributed by atoms with van der Waals surface area (Å²) < 4.78 is 24.2. The fraction of sp³-hybridized carbons (Fsp3) is 0.400. The Morgan fingerprint density at radius 3 is 2.38 bits per heavy atom. The Labute approximate surface area is 99.5 Å². The van der Waals surface area contributed by atoms with Crippen LogP contribution in [0.5, 0.6) is 0 Å². The van der Waals surface area contributed by atoms with Crippen molar-refractivity contribution >= 4 is 21.4 Å². The Balaban J connectivity index is 2.31. The molecule has 16 heavy (non-hydrogen) atoms. The van der Waals surface area contributed by atoms with E-state index in [9.17, 15) is 8.42 Å². The number of nitrogens with two attached hydrogens (primary N) is 2. The maximum atomic E-state index is 12.1. The highest BCUT2D eigenvalue weighted by atomic mass is 35.5. The van der Waals surface area contributed by atoms with Gasteiger partial charge in [0.15, 0.2) is 9.84 Å². The second-order valence-corrected chi connectivity index (χ2v) is 6.70. The Hall–Kier alpha value is -0.620. The normalized spacial score (nSPS) is 29.1. The van der Waals surface area contributed by atoms with Gasteiger partial charge in [0.1, 0.15) is 0 Å². The lowest BCUT2D eigenvalue weighted by atomic mass is 10.3. The van der Waals surface area contributed by atoms with E-state index < -0.39 is 20.6 Å². The zero-order valence-corrected chi connectivity index (χ0v) is 10.1. The van der Waals surface area contributed by atoms with Crippen LogP contribution in [0.4, 0.5) is 0 Å². The summed E-state index contributed by atoms with van der Waals surface area (Å²) in [6, 6.07) is 6.09. The van der Waals surface area contributed by atoms with Crippen LogP contribution in [0.15, 0.2) is 29.2 Å². The molecule has 1 aliphatic rings. The fourth-order valence-electron chi connectivity index (χ4n) is 1.71. The minimum atomic E-state index is -3.37. The predicted molar refractivity (Wildman–Crippen MR) is 63.0 cm³/mol. The molecule has 1 saturated carbocycles. The fourth-order valence-corrected chi connectivity index (χ4v) is 3.92. The van der Waals surface area contributed by atoms with Crippen LogP contribution >= 0.6 is 11.6 Å². The number of sulfone groups is 1. The van der Waals surface area contributed by atoms with Crippen LogP contribution in [-0.2, 0) is 9.84 Å². The van der Waals surface area contributed by atoms with Gasteiger partial charge in [-0.1, -0.05) is 11.6 Å². The monoisotopic (exact) mass is 260 g/mol. The number of hydrogen-bond donors (Lipinski definition) is 2. The SMILES string of the molecule is NC[C@@]1(N)C[C@@H]1S(=O)(=O)c1ccc(Cl)cc1. The molecule has 0 amide bonds. The molecule has 2 atom stereocenters. The molecule has 1 fully saturated rings. The van der Waals surface area contributed by atoms with Crippen LogP contribution in [-0.4, -0.2) is 25.8 Å². The number of rotatable bonds is 3. The number of hydrogen-bond acceptors (Lipinski definition) is 4. The van der Waals surface area contributed by atoms with Crippen molar-refractivity contribution < 1.29 is 8.42 Å². The van der Waals surface area contributed by atoms with Crippen LogP contribution in [0.1, 0.15) is 6.42 Å². The Kier molecular flexibility index (Phi) is 2.74. The molecule has 0 aliphatic heterocycles. The third kappa shape index (κ3) is 1.84. The van der Waals surface area contributed by atoms with Gasteiger partial charge in [0.25, 0.3) is 0 Å². The van der Waals surface area contributed by atoms with E-state index in [1.807, 2.05) is 0 Å². The summed E-state index contributed by atoms with van der Waals surface area (Å²) >= 11 is 5.70. The molecule has 6 heteroatoms. The van der Waals surface area contributed by atoms with Crippen molar-refractivity contribution in [2.45, 2.75) is 22.1 Å². The standard InChI is InChI=1S/C10H13ClN2O2S/c11-7-1-3-8(4-2-7)16(14,15)9-5-10(9,13)6-12/h1-4,9H,5-6,12-13H2/t9-,10-/m0/s1. The second-order valence-electron chi connectivity index (χ2n) is 4.13. The van der Waals surface area contributed by atoms with Crippen molar-refractivity contribution in [1.82, 2.24) is 0 Å². The average molecular weight is 261 g/mol. The first-order valence-electron chi connectivity index (χ1n) is 4.88. The molecule has 0 aromatic heterocycles. The van der Waals surface area contributed by atoms with E-state index in [0.717, 1.165) is 0 Å². The molecule has 0 saturated heterocycles. The average Bonchev–Trinajstić information content (AvgIpc) is 2.93. The number of halogens is 1. The molecule has 0 radical (unpaired) electrons. The first-order chi connectivity index (χ1) is 7.40. The highest BCUT2D eigenvalue weighted by Crippen LogP contribution is 2.41. The zero-order chi connectivity index (χ0) is 12.0. The Bertz CT molecular complexity index is 500. The van der Waals surface area contributed by atoms with Gasteiger partial charge in [-0.25, -0.2) is 8.42 Å². The van der Waals surface area contributed by atoms with Crippen molar-refractivity contribution in [3.63, 3.8) is 0 Å². The number of benzene rings is 1. The lowest BCUT2D eigenvalue weighted by molar-refractivity contribution is 0.586. The summed E-state index contributed by atoms with van der Waals surface area (Å²) in [6.45, 7) is 0.185. The van der Waals surface area contributed by atoms with Crippen LogP contribution in [0.2, 0.25) is 5.02 Å². The van der Waals surface area contributed by atoms with Gasteiger partial charge in [-0.15, -0.1) is 0 Å². The maximum Gasteiger partial charge on any atom is 0.183 e. The van der Waals surface area contributed by atoms with Gasteiger partial charge in [-0.2, -0.15) is 0 Å². The maximum absolute atomic E-state index is 12.1. The van der Waals surface area contributed by atoms with Crippen LogP contribution in [0.25, 0.3) is 0 Å². The first-order valence-corrected chi connectivity index (χ1v) is 6.81. The molecule has 0 bridgehead atoms. The third-order valence-corrected chi connectivity index (χ3v) is 5.51. The molecule has 0 heterocycles. The predicted octanol–water partition coefficient (Wildman–Crippen LogP) is 0.542. The minimum absolute atomic E-state index is 0.185. The highest BCUT2D eigenvalue weighted by molar-refractivity contribution is 7.92. The molecule has 4 nitrogen and oxygen atoms in total. The van der Waals surface area contributed by atoms with E-state index in [4.69, 9.17) is 23.1 Å². The summed E-state index contributed by atoms with van der Waals surface area (Å²) in [7, 11) is -3.37. The van der Waals surface area contributed by atoms with Crippen molar-refractivity contribution in [3.8, 4) is 0 Å². The molecule has 4 N–H and O–H groups in total. The summed E-state index contributed by atoms with van der Waals surface area (Å²) in [5.41, 5.74) is 10.5. The molecule has 2 rings (SSSR count). The van der Waals surface area contributed by atoms with E-state index in [1.54, 1.807) is 12.1 Å². The first kappa shape index (κ1) is 11.9. The topological polar surface area (TPSA) is 86.2 Å². The van der Waals surface area contributed by atoms with E-state index in [0.29, 0.717) is 11.4 Å². The largest absolute Gasteiger partial charge is 0.329 e. The molecule has 1 aliphatic carbocycles. The minimum Gasteiger partial charge on any atom is -0.329 e. The van der Waals surface area contributed by atoms with Crippen LogP contribution < -0.4 is 11.5 Å².